The van der Waals surface area contributed by atoms with Crippen molar-refractivity contribution >= 4 is 5.97 Å². The number of aliphatic hydroxyl groups is 1. The summed E-state index contributed by atoms with van der Waals surface area (Å²) < 4.78 is 4.97. The van der Waals surface area contributed by atoms with E-state index in [1.165, 1.54) is 0 Å². The van der Waals surface area contributed by atoms with Crippen LogP contribution in [0.3, 0.4) is 0 Å². The van der Waals surface area contributed by atoms with Gasteiger partial charge in [-0.15, -0.1) is 0 Å². The maximum Gasteiger partial charge on any atom is 0.309 e. The molecule has 0 amide bonds. The molecule has 0 unspecified atom stereocenters. The van der Waals surface area contributed by atoms with E-state index in [-0.39, 0.29) is 23.7 Å². The van der Waals surface area contributed by atoms with E-state index in [4.69, 9.17) is 4.74 Å². The minimum atomic E-state index is -0.832. The van der Waals surface area contributed by atoms with Gasteiger partial charge in [0.05, 0.1) is 18.1 Å². The Bertz CT molecular complexity index is 203. The number of esters is 1. The third-order valence-electron chi connectivity index (χ3n) is 2.74. The molecule has 1 aliphatic heterocycles. The van der Waals surface area contributed by atoms with Gasteiger partial charge in [0.2, 0.25) is 0 Å². The summed E-state index contributed by atoms with van der Waals surface area (Å²) in [6.45, 7) is 7.78. The zero-order valence-electron chi connectivity index (χ0n) is 8.70. The van der Waals surface area contributed by atoms with Crippen LogP contribution in [0.4, 0.5) is 0 Å². The van der Waals surface area contributed by atoms with E-state index in [0.717, 1.165) is 0 Å². The number of rotatable bonds is 2. The SMILES string of the molecule is CC(C)[C@@H]1C(=O)OC[C@H]1C(C)(C)O. The molecule has 1 heterocycles. The Morgan fingerprint density at radius 3 is 2.38 bits per heavy atom. The second-order valence-electron chi connectivity index (χ2n) is 4.66. The first kappa shape index (κ1) is 10.5. The number of ether oxygens (including phenoxy) is 1. The fraction of sp³-hybridized carbons (Fsp3) is 0.900. The first-order chi connectivity index (χ1) is 5.84. The Morgan fingerprint density at radius 1 is 1.54 bits per heavy atom. The molecule has 76 valence electrons. The second-order valence-corrected chi connectivity index (χ2v) is 4.66. The Kier molecular flexibility index (Phi) is 2.66. The van der Waals surface area contributed by atoms with Gasteiger partial charge in [0.25, 0.3) is 0 Å². The van der Waals surface area contributed by atoms with Crippen molar-refractivity contribution in [2.75, 3.05) is 6.61 Å². The van der Waals surface area contributed by atoms with E-state index in [0.29, 0.717) is 6.61 Å². The molecule has 1 aliphatic rings. The van der Waals surface area contributed by atoms with Gasteiger partial charge in [0, 0.05) is 5.92 Å². The largest absolute Gasteiger partial charge is 0.465 e. The molecular formula is C10H18O3. The Labute approximate surface area is 79.1 Å². The molecule has 3 nitrogen and oxygen atoms in total. The lowest BCUT2D eigenvalue weighted by Gasteiger charge is -2.29. The van der Waals surface area contributed by atoms with Crippen molar-refractivity contribution in [2.45, 2.75) is 33.3 Å². The van der Waals surface area contributed by atoms with Crippen molar-refractivity contribution in [1.82, 2.24) is 0 Å². The van der Waals surface area contributed by atoms with Crippen LogP contribution in [0.2, 0.25) is 0 Å². The molecule has 0 aromatic carbocycles. The topological polar surface area (TPSA) is 46.5 Å². The second kappa shape index (κ2) is 3.29. The smallest absolute Gasteiger partial charge is 0.309 e. The predicted octanol–water partition coefficient (Wildman–Crippen LogP) is 1.20. The fourth-order valence-corrected chi connectivity index (χ4v) is 1.92. The van der Waals surface area contributed by atoms with E-state index >= 15 is 0 Å². The van der Waals surface area contributed by atoms with E-state index in [9.17, 15) is 9.90 Å². The van der Waals surface area contributed by atoms with Crippen molar-refractivity contribution in [3.8, 4) is 0 Å². The minimum absolute atomic E-state index is 0.0694. The molecule has 0 spiro atoms. The van der Waals surface area contributed by atoms with Gasteiger partial charge in [-0.1, -0.05) is 13.8 Å². The number of carbonyl (C=O) groups is 1. The highest BCUT2D eigenvalue weighted by Gasteiger charge is 2.45. The molecule has 0 aromatic heterocycles. The average molecular weight is 186 g/mol. The van der Waals surface area contributed by atoms with Crippen molar-refractivity contribution in [3.63, 3.8) is 0 Å². The zero-order chi connectivity index (χ0) is 10.2. The van der Waals surface area contributed by atoms with Crippen LogP contribution in [0.25, 0.3) is 0 Å². The molecule has 1 rings (SSSR count). The van der Waals surface area contributed by atoms with Crippen molar-refractivity contribution in [2.24, 2.45) is 17.8 Å². The number of cyclic esters (lactones) is 1. The van der Waals surface area contributed by atoms with Crippen LogP contribution in [0.15, 0.2) is 0 Å². The molecule has 0 aliphatic carbocycles. The molecule has 0 bridgehead atoms. The van der Waals surface area contributed by atoms with Gasteiger partial charge in [-0.2, -0.15) is 0 Å². The predicted molar refractivity (Wildman–Crippen MR) is 49.1 cm³/mol. The fourth-order valence-electron chi connectivity index (χ4n) is 1.92. The maximum atomic E-state index is 11.3. The Morgan fingerprint density at radius 2 is 2.08 bits per heavy atom. The van der Waals surface area contributed by atoms with Crippen LogP contribution in [0.1, 0.15) is 27.7 Å². The van der Waals surface area contributed by atoms with Gasteiger partial charge in [-0.3, -0.25) is 4.79 Å². The van der Waals surface area contributed by atoms with Crippen molar-refractivity contribution < 1.29 is 14.6 Å². The summed E-state index contributed by atoms with van der Waals surface area (Å²) in [6.07, 6.45) is 0. The van der Waals surface area contributed by atoms with Crippen molar-refractivity contribution in [3.05, 3.63) is 0 Å². The van der Waals surface area contributed by atoms with E-state index in [1.54, 1.807) is 13.8 Å². The highest BCUT2D eigenvalue weighted by molar-refractivity contribution is 5.75. The van der Waals surface area contributed by atoms with E-state index in [1.807, 2.05) is 13.8 Å². The minimum Gasteiger partial charge on any atom is -0.465 e. The lowest BCUT2D eigenvalue weighted by Crippen LogP contribution is -2.38. The summed E-state index contributed by atoms with van der Waals surface area (Å²) in [5.74, 6) is -0.159. The highest BCUT2D eigenvalue weighted by Crippen LogP contribution is 2.35. The number of hydrogen-bond acceptors (Lipinski definition) is 3. The number of carbonyl (C=O) groups excluding carboxylic acids is 1. The summed E-state index contributed by atoms with van der Waals surface area (Å²) in [4.78, 5) is 11.3. The molecule has 13 heavy (non-hydrogen) atoms. The van der Waals surface area contributed by atoms with Gasteiger partial charge in [-0.25, -0.2) is 0 Å². The summed E-state index contributed by atoms with van der Waals surface area (Å²) in [5, 5.41) is 9.82. The van der Waals surface area contributed by atoms with Crippen molar-refractivity contribution in [1.29, 1.82) is 0 Å². The van der Waals surface area contributed by atoms with Gasteiger partial charge in [0.1, 0.15) is 0 Å². The van der Waals surface area contributed by atoms with Gasteiger partial charge in [0.15, 0.2) is 0 Å². The molecule has 0 saturated carbocycles. The lowest BCUT2D eigenvalue weighted by molar-refractivity contribution is -0.142. The molecule has 0 radical (unpaired) electrons. The van der Waals surface area contributed by atoms with Crippen LogP contribution in [0, 0.1) is 17.8 Å². The zero-order valence-corrected chi connectivity index (χ0v) is 8.70. The summed E-state index contributed by atoms with van der Waals surface area (Å²) in [5.41, 5.74) is -0.832. The van der Waals surface area contributed by atoms with Gasteiger partial charge >= 0.3 is 5.97 Å². The molecule has 3 heteroatoms. The number of hydrogen-bond donors (Lipinski definition) is 1. The third-order valence-corrected chi connectivity index (χ3v) is 2.74. The van der Waals surface area contributed by atoms with E-state index < -0.39 is 5.60 Å². The van der Waals surface area contributed by atoms with Crippen LogP contribution in [0.5, 0.6) is 0 Å². The quantitative estimate of drug-likeness (QED) is 0.659. The van der Waals surface area contributed by atoms with Crippen LogP contribution < -0.4 is 0 Å². The highest BCUT2D eigenvalue weighted by atomic mass is 16.5. The lowest BCUT2D eigenvalue weighted by atomic mass is 9.77. The standard InChI is InChI=1S/C10H18O3/c1-6(2)8-7(10(3,4)12)5-13-9(8)11/h6-8,12H,5H2,1-4H3/t7-,8+/m1/s1. The first-order valence-corrected chi connectivity index (χ1v) is 4.73. The van der Waals surface area contributed by atoms with Crippen LogP contribution in [-0.4, -0.2) is 23.3 Å². The normalized spacial score (nSPS) is 29.5. The molecule has 1 fully saturated rings. The van der Waals surface area contributed by atoms with E-state index in [2.05, 4.69) is 0 Å². The molecule has 0 aromatic rings. The molecule has 2 atom stereocenters. The van der Waals surface area contributed by atoms with Gasteiger partial charge in [-0.05, 0) is 19.8 Å². The van der Waals surface area contributed by atoms with Crippen LogP contribution in [-0.2, 0) is 9.53 Å². The summed E-state index contributed by atoms with van der Waals surface area (Å²) >= 11 is 0. The summed E-state index contributed by atoms with van der Waals surface area (Å²) in [6, 6.07) is 0. The molecular weight excluding hydrogens is 168 g/mol. The van der Waals surface area contributed by atoms with Crippen LogP contribution >= 0.6 is 0 Å². The maximum absolute atomic E-state index is 11.3. The summed E-state index contributed by atoms with van der Waals surface area (Å²) in [7, 11) is 0. The monoisotopic (exact) mass is 186 g/mol. The first-order valence-electron chi connectivity index (χ1n) is 4.73. The Hall–Kier alpha value is -0.570. The van der Waals surface area contributed by atoms with Gasteiger partial charge < -0.3 is 9.84 Å². The molecule has 1 N–H and O–H groups in total. The third kappa shape index (κ3) is 2.02. The molecule has 1 saturated heterocycles. The average Bonchev–Trinajstić information content (AvgIpc) is 2.28. The Balaban J connectivity index is 2.82.